The fourth-order valence-electron chi connectivity index (χ4n) is 2.66. The van der Waals surface area contributed by atoms with E-state index in [1.54, 1.807) is 17.8 Å². The molecule has 2 aromatic rings. The molecule has 0 atom stereocenters. The first-order valence-corrected chi connectivity index (χ1v) is 8.58. The third-order valence-corrected chi connectivity index (χ3v) is 4.09. The number of anilines is 1. The van der Waals surface area contributed by atoms with Crippen LogP contribution in [0.5, 0.6) is 0 Å². The lowest BCUT2D eigenvalue weighted by atomic mass is 10.2. The Labute approximate surface area is 161 Å². The number of rotatable bonds is 9. The zero-order valence-electron chi connectivity index (χ0n) is 15.7. The van der Waals surface area contributed by atoms with Crippen LogP contribution in [-0.4, -0.2) is 38.3 Å². The number of unbranched alkanes of at least 4 members (excludes halogenated alkanes) is 1. The van der Waals surface area contributed by atoms with Crippen molar-refractivity contribution in [3.63, 3.8) is 0 Å². The molecule has 0 aromatic carbocycles. The molecule has 2 amide bonds. The van der Waals surface area contributed by atoms with Crippen molar-refractivity contribution in [2.45, 2.75) is 19.3 Å². The molecule has 0 saturated carbocycles. The normalized spacial score (nSPS) is 10.5. The van der Waals surface area contributed by atoms with Gasteiger partial charge in [-0.05, 0) is 18.9 Å². The molecular formula is C17H23N7O4. The van der Waals surface area contributed by atoms with Gasteiger partial charge < -0.3 is 25.5 Å². The molecule has 0 radical (unpaired) electrons. The molecule has 2 rings (SSSR count). The van der Waals surface area contributed by atoms with E-state index in [0.29, 0.717) is 37.2 Å². The molecule has 0 aliphatic heterocycles. The maximum absolute atomic E-state index is 12.4. The van der Waals surface area contributed by atoms with Gasteiger partial charge in [0.05, 0.1) is 22.6 Å². The number of nitro groups is 1. The largest absolute Gasteiger partial charge is 0.388 e. The van der Waals surface area contributed by atoms with Crippen molar-refractivity contribution in [3.05, 3.63) is 46.0 Å². The summed E-state index contributed by atoms with van der Waals surface area (Å²) in [7, 11) is 3.21. The molecule has 2 heterocycles. The number of nitrogens with one attached hydrogen (secondary N) is 3. The number of hydrogen-bond donors (Lipinski definition) is 4. The summed E-state index contributed by atoms with van der Waals surface area (Å²) < 4.78 is 2.94. The topological polar surface area (TPSA) is 161 Å². The van der Waals surface area contributed by atoms with Crippen LogP contribution >= 0.6 is 0 Å². The van der Waals surface area contributed by atoms with Gasteiger partial charge in [-0.25, -0.2) is 0 Å². The van der Waals surface area contributed by atoms with Crippen LogP contribution in [0.3, 0.4) is 0 Å². The Morgan fingerprint density at radius 2 is 1.79 bits per heavy atom. The lowest BCUT2D eigenvalue weighted by Gasteiger charge is -2.05. The number of hydrogen-bond acceptors (Lipinski definition) is 5. The van der Waals surface area contributed by atoms with Gasteiger partial charge in [0, 0.05) is 39.3 Å². The average molecular weight is 389 g/mol. The summed E-state index contributed by atoms with van der Waals surface area (Å²) >= 11 is 0. The van der Waals surface area contributed by atoms with E-state index in [0.717, 1.165) is 0 Å². The number of nitrogens with zero attached hydrogens (tertiary/aromatic N) is 3. The number of amides is 2. The third-order valence-electron chi connectivity index (χ3n) is 4.09. The van der Waals surface area contributed by atoms with Crippen molar-refractivity contribution in [2.24, 2.45) is 19.8 Å². The molecule has 0 aliphatic rings. The van der Waals surface area contributed by atoms with Crippen molar-refractivity contribution in [2.75, 3.05) is 11.9 Å². The SMILES string of the molecule is Cn1cc(NC(=O)c2cc([N+](=O)[O-])cn2C)cc1C(=O)NCCCCC(=N)N. The molecule has 0 saturated heterocycles. The van der Waals surface area contributed by atoms with Gasteiger partial charge in [0.15, 0.2) is 0 Å². The van der Waals surface area contributed by atoms with Crippen molar-refractivity contribution in [3.8, 4) is 0 Å². The van der Waals surface area contributed by atoms with E-state index in [-0.39, 0.29) is 23.1 Å². The maximum atomic E-state index is 12.4. The van der Waals surface area contributed by atoms with Gasteiger partial charge >= 0.3 is 0 Å². The lowest BCUT2D eigenvalue weighted by Crippen LogP contribution is -2.26. The maximum Gasteiger partial charge on any atom is 0.287 e. The van der Waals surface area contributed by atoms with Crippen LogP contribution < -0.4 is 16.4 Å². The zero-order valence-corrected chi connectivity index (χ0v) is 15.7. The van der Waals surface area contributed by atoms with Crippen LogP contribution in [0.2, 0.25) is 0 Å². The summed E-state index contributed by atoms with van der Waals surface area (Å²) in [6.45, 7) is 0.450. The molecule has 11 nitrogen and oxygen atoms in total. The molecule has 0 unspecified atom stereocenters. The summed E-state index contributed by atoms with van der Waals surface area (Å²) in [5, 5.41) is 23.4. The highest BCUT2D eigenvalue weighted by molar-refractivity contribution is 6.04. The third kappa shape index (κ3) is 5.19. The van der Waals surface area contributed by atoms with Crippen molar-refractivity contribution in [1.82, 2.24) is 14.5 Å². The van der Waals surface area contributed by atoms with Crippen LogP contribution in [0.4, 0.5) is 11.4 Å². The summed E-state index contributed by atoms with van der Waals surface area (Å²) in [5.74, 6) is -0.685. The van der Waals surface area contributed by atoms with Gasteiger partial charge in [-0.1, -0.05) is 0 Å². The van der Waals surface area contributed by atoms with Crippen molar-refractivity contribution < 1.29 is 14.5 Å². The van der Waals surface area contributed by atoms with Crippen LogP contribution in [0.1, 0.15) is 40.2 Å². The van der Waals surface area contributed by atoms with E-state index >= 15 is 0 Å². The first kappa shape index (κ1) is 20.7. The van der Waals surface area contributed by atoms with Gasteiger partial charge in [0.2, 0.25) is 0 Å². The highest BCUT2D eigenvalue weighted by Gasteiger charge is 2.19. The Hall–Kier alpha value is -3.63. The first-order valence-electron chi connectivity index (χ1n) is 8.58. The van der Waals surface area contributed by atoms with E-state index in [9.17, 15) is 19.7 Å². The molecule has 11 heteroatoms. The van der Waals surface area contributed by atoms with E-state index in [4.69, 9.17) is 11.1 Å². The predicted molar refractivity (Wildman–Crippen MR) is 104 cm³/mol. The van der Waals surface area contributed by atoms with Crippen LogP contribution in [0, 0.1) is 15.5 Å². The van der Waals surface area contributed by atoms with E-state index in [1.807, 2.05) is 0 Å². The van der Waals surface area contributed by atoms with E-state index < -0.39 is 10.8 Å². The van der Waals surface area contributed by atoms with Gasteiger partial charge in [-0.2, -0.15) is 0 Å². The Bertz CT molecular complexity index is 913. The molecule has 0 fully saturated rings. The van der Waals surface area contributed by atoms with Crippen LogP contribution in [0.25, 0.3) is 0 Å². The Balaban J connectivity index is 1.97. The highest BCUT2D eigenvalue weighted by Crippen LogP contribution is 2.18. The second-order valence-electron chi connectivity index (χ2n) is 6.37. The number of aromatic nitrogens is 2. The van der Waals surface area contributed by atoms with Crippen molar-refractivity contribution >= 4 is 29.0 Å². The summed E-state index contributed by atoms with van der Waals surface area (Å²) in [5.41, 5.74) is 6.00. The van der Waals surface area contributed by atoms with Crippen LogP contribution in [0.15, 0.2) is 24.5 Å². The molecule has 5 N–H and O–H groups in total. The molecule has 28 heavy (non-hydrogen) atoms. The average Bonchev–Trinajstić information content (AvgIpc) is 3.17. The smallest absolute Gasteiger partial charge is 0.287 e. The molecular weight excluding hydrogens is 366 g/mol. The zero-order chi connectivity index (χ0) is 20.8. The minimum absolute atomic E-state index is 0.123. The lowest BCUT2D eigenvalue weighted by molar-refractivity contribution is -0.384. The Kier molecular flexibility index (Phi) is 6.53. The minimum atomic E-state index is -0.571. The minimum Gasteiger partial charge on any atom is -0.388 e. The van der Waals surface area contributed by atoms with E-state index in [2.05, 4.69) is 10.6 Å². The van der Waals surface area contributed by atoms with Gasteiger partial charge in [-0.15, -0.1) is 0 Å². The number of carbonyl (C=O) groups is 2. The fraction of sp³-hybridized carbons (Fsp3) is 0.353. The van der Waals surface area contributed by atoms with Crippen molar-refractivity contribution in [1.29, 1.82) is 5.41 Å². The molecule has 0 aliphatic carbocycles. The predicted octanol–water partition coefficient (Wildman–Crippen LogP) is 1.36. The molecule has 0 spiro atoms. The molecule has 0 bridgehead atoms. The summed E-state index contributed by atoms with van der Waals surface area (Å²) in [6.07, 6.45) is 4.75. The molecule has 150 valence electrons. The van der Waals surface area contributed by atoms with Gasteiger partial charge in [0.25, 0.3) is 17.5 Å². The number of nitrogens with two attached hydrogens (primary N) is 1. The number of aryl methyl sites for hydroxylation is 2. The fourth-order valence-corrected chi connectivity index (χ4v) is 2.66. The second kappa shape index (κ2) is 8.84. The quantitative estimate of drug-likeness (QED) is 0.167. The van der Waals surface area contributed by atoms with E-state index in [1.165, 1.54) is 29.9 Å². The summed E-state index contributed by atoms with van der Waals surface area (Å²) in [4.78, 5) is 34.9. The van der Waals surface area contributed by atoms with Gasteiger partial charge in [0.1, 0.15) is 11.4 Å². The number of amidine groups is 1. The summed E-state index contributed by atoms with van der Waals surface area (Å²) in [6, 6.07) is 2.72. The Morgan fingerprint density at radius 3 is 2.39 bits per heavy atom. The monoisotopic (exact) mass is 389 g/mol. The van der Waals surface area contributed by atoms with Gasteiger partial charge in [-0.3, -0.25) is 25.1 Å². The highest BCUT2D eigenvalue weighted by atomic mass is 16.6. The standard InChI is InChI=1S/C17H23N7O4/c1-22-9-11(7-13(22)16(25)20-6-4-3-5-15(18)19)21-17(26)14-8-12(24(27)28)10-23(14)2/h7-10H,3-6H2,1-2H3,(H3,18,19)(H,20,25)(H,21,26). The molecule has 2 aromatic heterocycles. The Morgan fingerprint density at radius 1 is 1.14 bits per heavy atom. The number of carbonyl (C=O) groups excluding carboxylic acids is 2. The first-order chi connectivity index (χ1) is 13.2. The second-order valence-corrected chi connectivity index (χ2v) is 6.37. The van der Waals surface area contributed by atoms with Crippen LogP contribution in [-0.2, 0) is 14.1 Å².